The van der Waals surface area contributed by atoms with E-state index in [1.807, 2.05) is 24.5 Å². The summed E-state index contributed by atoms with van der Waals surface area (Å²) in [6, 6.07) is 4.02. The molecule has 7 nitrogen and oxygen atoms in total. The van der Waals surface area contributed by atoms with Crippen molar-refractivity contribution < 1.29 is 4.79 Å². The van der Waals surface area contributed by atoms with Gasteiger partial charge >= 0.3 is 0 Å². The number of anilines is 1. The lowest BCUT2D eigenvalue weighted by Gasteiger charge is -2.31. The van der Waals surface area contributed by atoms with Crippen LogP contribution in [0.5, 0.6) is 0 Å². The van der Waals surface area contributed by atoms with E-state index in [-0.39, 0.29) is 5.91 Å². The Balaban J connectivity index is 1.19. The molecule has 4 aliphatic rings. The smallest absolute Gasteiger partial charge is 0.259 e. The lowest BCUT2D eigenvalue weighted by atomic mass is 9.94. The summed E-state index contributed by atoms with van der Waals surface area (Å²) in [5.74, 6) is 1.40. The van der Waals surface area contributed by atoms with Crippen LogP contribution < -0.4 is 10.6 Å². The summed E-state index contributed by atoms with van der Waals surface area (Å²) in [6.07, 6.45) is 20.3. The Bertz CT molecular complexity index is 977. The number of amides is 1. The first-order valence-electron chi connectivity index (χ1n) is 12.8. The predicted octanol–water partition coefficient (Wildman–Crippen LogP) is 3.46. The SMILES string of the molecule is O=C(NC1=CC2C(C=C1)CCN2CCN1CCCCC1)c1cccnc1NCC1C=CN=CC1. The zero-order valence-electron chi connectivity index (χ0n) is 19.9. The number of likely N-dealkylation sites (tertiary alicyclic amines) is 2. The van der Waals surface area contributed by atoms with Gasteiger partial charge in [-0.25, -0.2) is 4.98 Å². The number of carbonyl (C=O) groups excluding carboxylic acids is 1. The third kappa shape index (κ3) is 5.65. The molecule has 0 aromatic carbocycles. The second kappa shape index (κ2) is 11.1. The summed E-state index contributed by atoms with van der Waals surface area (Å²) in [5.41, 5.74) is 1.46. The number of aliphatic imine (C=N–C) groups is 1. The molecule has 34 heavy (non-hydrogen) atoms. The van der Waals surface area contributed by atoms with Gasteiger partial charge in [-0.3, -0.25) is 14.7 Å². The molecule has 1 amide bonds. The number of rotatable bonds is 8. The molecule has 180 valence electrons. The van der Waals surface area contributed by atoms with E-state index < -0.39 is 0 Å². The van der Waals surface area contributed by atoms with Gasteiger partial charge in [-0.05, 0) is 75.5 Å². The van der Waals surface area contributed by atoms with Crippen LogP contribution in [0.3, 0.4) is 0 Å². The standard InChI is InChI=1S/C27H36N6O/c34-27(24-5-4-11-29-26(24)30-20-21-8-12-28-13-9-21)31-23-7-6-22-10-16-33(25(22)19-23)18-17-32-14-2-1-3-15-32/h4-8,11-13,19,21-22,25H,1-3,9-10,14-18,20H2,(H,29,30)(H,31,34). The average molecular weight is 461 g/mol. The number of hydrogen-bond acceptors (Lipinski definition) is 6. The number of fused-ring (bicyclic) bond motifs is 1. The van der Waals surface area contributed by atoms with Crippen LogP contribution in [0.4, 0.5) is 5.82 Å². The predicted molar refractivity (Wildman–Crippen MR) is 137 cm³/mol. The van der Waals surface area contributed by atoms with Crippen LogP contribution in [-0.2, 0) is 0 Å². The Labute approximate surface area is 202 Å². The number of nitrogens with one attached hydrogen (secondary N) is 2. The van der Waals surface area contributed by atoms with E-state index in [0.717, 1.165) is 38.3 Å². The zero-order valence-corrected chi connectivity index (χ0v) is 19.9. The van der Waals surface area contributed by atoms with Crippen LogP contribution >= 0.6 is 0 Å². The van der Waals surface area contributed by atoms with Crippen molar-refractivity contribution in [1.82, 2.24) is 20.1 Å². The van der Waals surface area contributed by atoms with Gasteiger partial charge in [-0.15, -0.1) is 0 Å². The second-order valence-corrected chi connectivity index (χ2v) is 9.77. The summed E-state index contributed by atoms with van der Waals surface area (Å²) in [5, 5.41) is 6.49. The molecule has 3 unspecified atom stereocenters. The Morgan fingerprint density at radius 1 is 1.12 bits per heavy atom. The van der Waals surface area contributed by atoms with Crippen LogP contribution in [0.15, 0.2) is 59.5 Å². The first-order valence-corrected chi connectivity index (χ1v) is 12.8. The van der Waals surface area contributed by atoms with Crippen LogP contribution in [0.1, 0.15) is 42.5 Å². The van der Waals surface area contributed by atoms with E-state index in [1.54, 1.807) is 6.20 Å². The van der Waals surface area contributed by atoms with Gasteiger partial charge in [-0.1, -0.05) is 18.6 Å². The summed E-state index contributed by atoms with van der Waals surface area (Å²) >= 11 is 0. The topological polar surface area (TPSA) is 72.9 Å². The van der Waals surface area contributed by atoms with Crippen LogP contribution in [0, 0.1) is 11.8 Å². The maximum Gasteiger partial charge on any atom is 0.259 e. The number of pyridine rings is 1. The Hall–Kier alpha value is -2.77. The molecule has 2 saturated heterocycles. The van der Waals surface area contributed by atoms with E-state index in [0.29, 0.717) is 29.3 Å². The molecule has 2 N–H and O–H groups in total. The summed E-state index contributed by atoms with van der Waals surface area (Å²) < 4.78 is 0. The number of hydrogen-bond donors (Lipinski definition) is 2. The van der Waals surface area contributed by atoms with Crippen molar-refractivity contribution in [3.63, 3.8) is 0 Å². The summed E-state index contributed by atoms with van der Waals surface area (Å²) in [7, 11) is 0. The van der Waals surface area contributed by atoms with Gasteiger partial charge in [0.1, 0.15) is 5.82 Å². The molecule has 2 fully saturated rings. The Morgan fingerprint density at radius 2 is 2.03 bits per heavy atom. The van der Waals surface area contributed by atoms with Gasteiger partial charge in [0.15, 0.2) is 0 Å². The van der Waals surface area contributed by atoms with Gasteiger partial charge in [-0.2, -0.15) is 0 Å². The molecule has 1 aliphatic carbocycles. The number of carbonyl (C=O) groups is 1. The van der Waals surface area contributed by atoms with Crippen LogP contribution in [-0.4, -0.2) is 72.2 Å². The molecule has 3 aliphatic heterocycles. The Kier molecular flexibility index (Phi) is 7.51. The fraction of sp³-hybridized carbons (Fsp3) is 0.519. The van der Waals surface area contributed by atoms with Crippen molar-refractivity contribution in [1.29, 1.82) is 0 Å². The molecule has 1 aromatic heterocycles. The van der Waals surface area contributed by atoms with Crippen molar-refractivity contribution in [3.8, 4) is 0 Å². The number of nitrogens with zero attached hydrogens (tertiary/aromatic N) is 4. The molecule has 0 saturated carbocycles. The highest BCUT2D eigenvalue weighted by atomic mass is 16.1. The average Bonchev–Trinajstić information content (AvgIpc) is 3.30. The summed E-state index contributed by atoms with van der Waals surface area (Å²) in [4.78, 5) is 26.9. The van der Waals surface area contributed by atoms with Gasteiger partial charge < -0.3 is 15.5 Å². The van der Waals surface area contributed by atoms with Crippen LogP contribution in [0.25, 0.3) is 0 Å². The van der Waals surface area contributed by atoms with Crippen molar-refractivity contribution >= 4 is 17.9 Å². The highest BCUT2D eigenvalue weighted by Crippen LogP contribution is 2.30. The minimum Gasteiger partial charge on any atom is -0.369 e. The molecule has 0 bridgehead atoms. The third-order valence-corrected chi connectivity index (χ3v) is 7.44. The lowest BCUT2D eigenvalue weighted by molar-refractivity contribution is 0.0967. The van der Waals surface area contributed by atoms with E-state index in [4.69, 9.17) is 0 Å². The lowest BCUT2D eigenvalue weighted by Crippen LogP contribution is -2.41. The van der Waals surface area contributed by atoms with E-state index in [9.17, 15) is 4.79 Å². The number of allylic oxidation sites excluding steroid dienone is 1. The van der Waals surface area contributed by atoms with Crippen molar-refractivity contribution in [3.05, 3.63) is 60.1 Å². The van der Waals surface area contributed by atoms with Gasteiger partial charge in [0.2, 0.25) is 0 Å². The minimum absolute atomic E-state index is 0.122. The zero-order chi connectivity index (χ0) is 23.2. The highest BCUT2D eigenvalue weighted by Gasteiger charge is 2.33. The molecule has 3 atom stereocenters. The molecule has 7 heteroatoms. The number of aromatic nitrogens is 1. The van der Waals surface area contributed by atoms with E-state index in [2.05, 4.69) is 54.7 Å². The largest absolute Gasteiger partial charge is 0.369 e. The molecular formula is C27H36N6O. The van der Waals surface area contributed by atoms with Gasteiger partial charge in [0.25, 0.3) is 5.91 Å². The third-order valence-electron chi connectivity index (χ3n) is 7.44. The first-order chi connectivity index (χ1) is 16.8. The van der Waals surface area contributed by atoms with E-state index >= 15 is 0 Å². The van der Waals surface area contributed by atoms with Crippen molar-refractivity contribution in [2.75, 3.05) is 44.6 Å². The summed E-state index contributed by atoms with van der Waals surface area (Å²) in [6.45, 7) is 6.58. The highest BCUT2D eigenvalue weighted by molar-refractivity contribution is 5.99. The Morgan fingerprint density at radius 3 is 2.88 bits per heavy atom. The van der Waals surface area contributed by atoms with Gasteiger partial charge in [0, 0.05) is 55.9 Å². The fourth-order valence-electron chi connectivity index (χ4n) is 5.42. The van der Waals surface area contributed by atoms with Crippen molar-refractivity contribution in [2.24, 2.45) is 16.8 Å². The molecule has 0 spiro atoms. The quantitative estimate of drug-likeness (QED) is 0.622. The second-order valence-electron chi connectivity index (χ2n) is 9.77. The minimum atomic E-state index is -0.122. The molecule has 5 rings (SSSR count). The first kappa shape index (κ1) is 23.0. The maximum atomic E-state index is 13.2. The molecule has 0 radical (unpaired) electrons. The fourth-order valence-corrected chi connectivity index (χ4v) is 5.42. The molecule has 1 aromatic rings. The normalized spacial score (nSPS) is 26.8. The molecule has 4 heterocycles. The van der Waals surface area contributed by atoms with Gasteiger partial charge in [0.05, 0.1) is 5.56 Å². The monoisotopic (exact) mass is 460 g/mol. The van der Waals surface area contributed by atoms with Crippen molar-refractivity contribution in [2.45, 2.75) is 38.1 Å². The maximum absolute atomic E-state index is 13.2. The van der Waals surface area contributed by atoms with Crippen LogP contribution in [0.2, 0.25) is 0 Å². The number of piperidine rings is 1. The van der Waals surface area contributed by atoms with E-state index in [1.165, 1.54) is 38.8 Å². The molecular weight excluding hydrogens is 424 g/mol.